The first kappa shape index (κ1) is 19.6. The number of nitriles is 1. The molecular formula is C32H21N3. The second-order valence-corrected chi connectivity index (χ2v) is 9.09. The van der Waals surface area contributed by atoms with Gasteiger partial charge in [0, 0.05) is 32.9 Å². The smallest absolute Gasteiger partial charge is 0.0991 e. The minimum absolute atomic E-state index is 0.676. The Kier molecular flexibility index (Phi) is 4.12. The van der Waals surface area contributed by atoms with Crippen LogP contribution in [0.4, 0.5) is 0 Å². The van der Waals surface area contributed by atoms with E-state index in [1.54, 1.807) is 0 Å². The SMILES string of the molecule is Cc1ccc2c(c1)c1ccccc1n2-c1cccc(-n2c3ccccc3c3cc(C#N)ccc32)c1. The molecule has 0 spiro atoms. The molecule has 0 radical (unpaired) electrons. The van der Waals surface area contributed by atoms with E-state index in [1.165, 1.54) is 27.4 Å². The van der Waals surface area contributed by atoms with E-state index in [0.29, 0.717) is 5.56 Å². The summed E-state index contributed by atoms with van der Waals surface area (Å²) in [5.41, 5.74) is 8.79. The molecule has 7 aromatic rings. The van der Waals surface area contributed by atoms with Gasteiger partial charge in [0.05, 0.1) is 33.7 Å². The summed E-state index contributed by atoms with van der Waals surface area (Å²) in [6.45, 7) is 2.15. The average Bonchev–Trinajstić information content (AvgIpc) is 3.41. The van der Waals surface area contributed by atoms with E-state index in [0.717, 1.165) is 33.2 Å². The normalized spacial score (nSPS) is 11.5. The predicted octanol–water partition coefficient (Wildman–Crippen LogP) is 8.06. The van der Waals surface area contributed by atoms with Crippen LogP contribution in [-0.4, -0.2) is 9.13 Å². The summed E-state index contributed by atoms with van der Waals surface area (Å²) < 4.78 is 4.66. The van der Waals surface area contributed by atoms with E-state index in [2.05, 4.69) is 119 Å². The van der Waals surface area contributed by atoms with Crippen LogP contribution in [0.3, 0.4) is 0 Å². The van der Waals surface area contributed by atoms with Gasteiger partial charge < -0.3 is 9.13 Å². The zero-order chi connectivity index (χ0) is 23.5. The van der Waals surface area contributed by atoms with E-state index in [4.69, 9.17) is 0 Å². The van der Waals surface area contributed by atoms with Crippen molar-refractivity contribution in [3.05, 3.63) is 120 Å². The maximum atomic E-state index is 9.47. The Morgan fingerprint density at radius 1 is 0.514 bits per heavy atom. The van der Waals surface area contributed by atoms with Crippen molar-refractivity contribution in [2.24, 2.45) is 0 Å². The summed E-state index contributed by atoms with van der Waals surface area (Å²) in [4.78, 5) is 0. The maximum Gasteiger partial charge on any atom is 0.0991 e. The fraction of sp³-hybridized carbons (Fsp3) is 0.0312. The van der Waals surface area contributed by atoms with Gasteiger partial charge in [0.25, 0.3) is 0 Å². The van der Waals surface area contributed by atoms with Crippen molar-refractivity contribution in [1.29, 1.82) is 5.26 Å². The summed E-state index contributed by atoms with van der Waals surface area (Å²) in [6.07, 6.45) is 0. The molecule has 0 bridgehead atoms. The van der Waals surface area contributed by atoms with Gasteiger partial charge in [-0.25, -0.2) is 0 Å². The minimum atomic E-state index is 0.676. The molecule has 0 saturated heterocycles. The zero-order valence-corrected chi connectivity index (χ0v) is 19.2. The summed E-state index contributed by atoms with van der Waals surface area (Å²) in [5, 5.41) is 14.2. The lowest BCUT2D eigenvalue weighted by Crippen LogP contribution is -1.98. The molecule has 3 nitrogen and oxygen atoms in total. The van der Waals surface area contributed by atoms with Gasteiger partial charge in [-0.15, -0.1) is 0 Å². The van der Waals surface area contributed by atoms with Crippen molar-refractivity contribution < 1.29 is 0 Å². The minimum Gasteiger partial charge on any atom is -0.309 e. The quantitative estimate of drug-likeness (QED) is 0.264. The summed E-state index contributed by atoms with van der Waals surface area (Å²) in [6, 6.07) is 40.7. The second-order valence-electron chi connectivity index (χ2n) is 9.09. The van der Waals surface area contributed by atoms with Crippen molar-refractivity contribution in [1.82, 2.24) is 9.13 Å². The molecule has 5 aromatic carbocycles. The topological polar surface area (TPSA) is 33.6 Å². The highest BCUT2D eigenvalue weighted by Crippen LogP contribution is 2.35. The van der Waals surface area contributed by atoms with Gasteiger partial charge in [-0.1, -0.05) is 54.1 Å². The first-order valence-electron chi connectivity index (χ1n) is 11.8. The Balaban J connectivity index is 1.54. The Labute approximate surface area is 202 Å². The van der Waals surface area contributed by atoms with Crippen LogP contribution in [0.25, 0.3) is 55.0 Å². The van der Waals surface area contributed by atoms with E-state index < -0.39 is 0 Å². The van der Waals surface area contributed by atoms with Gasteiger partial charge in [0.1, 0.15) is 0 Å². The van der Waals surface area contributed by atoms with Gasteiger partial charge in [0.2, 0.25) is 0 Å². The molecule has 0 aliphatic heterocycles. The number of hydrogen-bond acceptors (Lipinski definition) is 1. The number of benzene rings is 5. The molecule has 0 atom stereocenters. The van der Waals surface area contributed by atoms with Crippen LogP contribution >= 0.6 is 0 Å². The molecule has 0 unspecified atom stereocenters. The maximum absolute atomic E-state index is 9.47. The molecule has 0 amide bonds. The lowest BCUT2D eigenvalue weighted by atomic mass is 10.1. The Morgan fingerprint density at radius 2 is 1.06 bits per heavy atom. The Hall–Kier alpha value is -4.81. The van der Waals surface area contributed by atoms with Gasteiger partial charge >= 0.3 is 0 Å². The molecule has 0 saturated carbocycles. The number of fused-ring (bicyclic) bond motifs is 6. The van der Waals surface area contributed by atoms with E-state index in [9.17, 15) is 5.26 Å². The van der Waals surface area contributed by atoms with Gasteiger partial charge in [-0.2, -0.15) is 5.26 Å². The van der Waals surface area contributed by atoms with Crippen molar-refractivity contribution in [3.8, 4) is 17.4 Å². The second kappa shape index (κ2) is 7.35. The van der Waals surface area contributed by atoms with Crippen molar-refractivity contribution >= 4 is 43.6 Å². The van der Waals surface area contributed by atoms with Crippen molar-refractivity contribution in [2.75, 3.05) is 0 Å². The molecule has 7 rings (SSSR count). The third kappa shape index (κ3) is 2.84. The van der Waals surface area contributed by atoms with E-state index in [1.807, 2.05) is 12.1 Å². The predicted molar refractivity (Wildman–Crippen MR) is 145 cm³/mol. The number of aryl methyl sites for hydroxylation is 1. The molecule has 2 heterocycles. The van der Waals surface area contributed by atoms with Gasteiger partial charge in [-0.05, 0) is 67.6 Å². The fourth-order valence-corrected chi connectivity index (χ4v) is 5.46. The summed E-state index contributed by atoms with van der Waals surface area (Å²) in [5.74, 6) is 0. The molecule has 164 valence electrons. The standard InChI is InChI=1S/C32H21N3/c1-21-13-15-31-27(17-21)25-9-2-4-11-29(25)34(31)23-7-6-8-24(19-23)35-30-12-5-3-10-26(30)28-18-22(20-33)14-16-32(28)35/h2-19H,1H3. The molecule has 0 N–H and O–H groups in total. The van der Waals surface area contributed by atoms with E-state index in [-0.39, 0.29) is 0 Å². The lowest BCUT2D eigenvalue weighted by Gasteiger charge is -2.13. The number of hydrogen-bond donors (Lipinski definition) is 0. The van der Waals surface area contributed by atoms with Crippen molar-refractivity contribution in [3.63, 3.8) is 0 Å². The van der Waals surface area contributed by atoms with Gasteiger partial charge in [0.15, 0.2) is 0 Å². The zero-order valence-electron chi connectivity index (χ0n) is 19.2. The number of aromatic nitrogens is 2. The van der Waals surface area contributed by atoms with Crippen LogP contribution in [0.1, 0.15) is 11.1 Å². The van der Waals surface area contributed by atoms with Crippen LogP contribution in [0.5, 0.6) is 0 Å². The Bertz CT molecular complexity index is 1980. The average molecular weight is 448 g/mol. The van der Waals surface area contributed by atoms with Gasteiger partial charge in [-0.3, -0.25) is 0 Å². The highest BCUT2D eigenvalue weighted by molar-refractivity contribution is 6.10. The van der Waals surface area contributed by atoms with Crippen LogP contribution in [0.2, 0.25) is 0 Å². The summed E-state index contributed by atoms with van der Waals surface area (Å²) >= 11 is 0. The van der Waals surface area contributed by atoms with E-state index >= 15 is 0 Å². The monoisotopic (exact) mass is 447 g/mol. The summed E-state index contributed by atoms with van der Waals surface area (Å²) in [7, 11) is 0. The van der Waals surface area contributed by atoms with Crippen molar-refractivity contribution in [2.45, 2.75) is 6.92 Å². The third-order valence-electron chi connectivity index (χ3n) is 6.98. The van der Waals surface area contributed by atoms with Crippen LogP contribution in [0.15, 0.2) is 109 Å². The first-order valence-corrected chi connectivity index (χ1v) is 11.8. The molecule has 3 heteroatoms. The molecule has 35 heavy (non-hydrogen) atoms. The molecule has 0 aliphatic carbocycles. The highest BCUT2D eigenvalue weighted by atomic mass is 15.0. The largest absolute Gasteiger partial charge is 0.309 e. The number of rotatable bonds is 2. The number of para-hydroxylation sites is 2. The van der Waals surface area contributed by atoms with Crippen LogP contribution < -0.4 is 0 Å². The molecular weight excluding hydrogens is 426 g/mol. The van der Waals surface area contributed by atoms with Crippen LogP contribution in [0, 0.1) is 18.3 Å². The highest BCUT2D eigenvalue weighted by Gasteiger charge is 2.15. The molecule has 0 aliphatic rings. The lowest BCUT2D eigenvalue weighted by molar-refractivity contribution is 1.13. The van der Waals surface area contributed by atoms with Crippen LogP contribution in [-0.2, 0) is 0 Å². The molecule has 2 aromatic heterocycles. The first-order chi connectivity index (χ1) is 17.2. The Morgan fingerprint density at radius 3 is 1.69 bits per heavy atom. The third-order valence-corrected chi connectivity index (χ3v) is 6.98. The fourth-order valence-electron chi connectivity index (χ4n) is 5.46. The number of nitrogens with zero attached hydrogens (tertiary/aromatic N) is 3. The molecule has 0 fully saturated rings.